The van der Waals surface area contributed by atoms with Crippen LogP contribution in [-0.4, -0.2) is 35.2 Å². The molecule has 1 aromatic carbocycles. The third-order valence-electron chi connectivity index (χ3n) is 4.68. The molecule has 1 saturated heterocycles. The molecule has 0 atom stereocenters. The first-order valence-corrected chi connectivity index (χ1v) is 8.66. The molecular formula is C19H19FN4O2. The molecule has 1 aliphatic heterocycles. The zero-order valence-corrected chi connectivity index (χ0v) is 14.4. The van der Waals surface area contributed by atoms with Gasteiger partial charge in [0.25, 0.3) is 11.6 Å². The average Bonchev–Trinajstić information content (AvgIpc) is 3.03. The molecule has 1 aliphatic rings. The SMILES string of the molecule is Cc1noc2nc(-c3ccc(F)cc3)cc(C(=O)NC3CCNCC3)c12. The van der Waals surface area contributed by atoms with Gasteiger partial charge in [-0.3, -0.25) is 4.79 Å². The zero-order chi connectivity index (χ0) is 18.1. The first-order valence-electron chi connectivity index (χ1n) is 8.66. The van der Waals surface area contributed by atoms with Gasteiger partial charge in [-0.1, -0.05) is 5.16 Å². The van der Waals surface area contributed by atoms with Gasteiger partial charge in [0.15, 0.2) is 0 Å². The number of piperidine rings is 1. The summed E-state index contributed by atoms with van der Waals surface area (Å²) in [4.78, 5) is 17.4. The van der Waals surface area contributed by atoms with Crippen molar-refractivity contribution < 1.29 is 13.7 Å². The average molecular weight is 354 g/mol. The molecule has 3 aromatic rings. The summed E-state index contributed by atoms with van der Waals surface area (Å²) in [5, 5.41) is 10.9. The van der Waals surface area contributed by atoms with Gasteiger partial charge < -0.3 is 15.2 Å². The largest absolute Gasteiger partial charge is 0.349 e. The Morgan fingerprint density at radius 2 is 2.00 bits per heavy atom. The van der Waals surface area contributed by atoms with E-state index in [-0.39, 0.29) is 17.8 Å². The molecule has 6 nitrogen and oxygen atoms in total. The highest BCUT2D eigenvalue weighted by Crippen LogP contribution is 2.27. The van der Waals surface area contributed by atoms with Gasteiger partial charge in [0.2, 0.25) is 0 Å². The summed E-state index contributed by atoms with van der Waals surface area (Å²) in [5.74, 6) is -0.492. The third-order valence-corrected chi connectivity index (χ3v) is 4.68. The number of aromatic nitrogens is 2. The number of nitrogens with one attached hydrogen (secondary N) is 2. The summed E-state index contributed by atoms with van der Waals surface area (Å²) in [6.45, 7) is 3.57. The lowest BCUT2D eigenvalue weighted by Crippen LogP contribution is -2.42. The van der Waals surface area contributed by atoms with E-state index in [0.29, 0.717) is 33.6 Å². The predicted octanol–water partition coefficient (Wildman–Crippen LogP) is 2.82. The van der Waals surface area contributed by atoms with Gasteiger partial charge in [-0.05, 0) is 63.2 Å². The fourth-order valence-corrected chi connectivity index (χ4v) is 3.27. The van der Waals surface area contributed by atoms with E-state index in [4.69, 9.17) is 4.52 Å². The van der Waals surface area contributed by atoms with Crippen molar-refractivity contribution in [1.82, 2.24) is 20.8 Å². The van der Waals surface area contributed by atoms with Crippen LogP contribution < -0.4 is 10.6 Å². The van der Waals surface area contributed by atoms with E-state index in [2.05, 4.69) is 20.8 Å². The van der Waals surface area contributed by atoms with E-state index >= 15 is 0 Å². The summed E-state index contributed by atoms with van der Waals surface area (Å²) in [6.07, 6.45) is 1.79. The minimum absolute atomic E-state index is 0.140. The first kappa shape index (κ1) is 16.7. The Morgan fingerprint density at radius 3 is 2.73 bits per heavy atom. The van der Waals surface area contributed by atoms with Gasteiger partial charge in [-0.15, -0.1) is 0 Å². The topological polar surface area (TPSA) is 80.0 Å². The van der Waals surface area contributed by atoms with Gasteiger partial charge in [-0.2, -0.15) is 0 Å². The van der Waals surface area contributed by atoms with Crippen LogP contribution in [0.4, 0.5) is 4.39 Å². The number of carbonyl (C=O) groups is 1. The molecule has 1 fully saturated rings. The summed E-state index contributed by atoms with van der Waals surface area (Å²) in [6, 6.07) is 7.84. The van der Waals surface area contributed by atoms with Crippen LogP contribution in [0.3, 0.4) is 0 Å². The Hall–Kier alpha value is -2.80. The summed E-state index contributed by atoms with van der Waals surface area (Å²) in [5.41, 5.74) is 2.65. The standard InChI is InChI=1S/C19H19FN4O2/c1-11-17-15(18(25)22-14-6-8-21-9-7-14)10-16(23-19(17)26-24-11)12-2-4-13(20)5-3-12/h2-5,10,14,21H,6-9H2,1H3,(H,22,25). The number of halogens is 1. The Kier molecular flexibility index (Phi) is 4.38. The van der Waals surface area contributed by atoms with Crippen molar-refractivity contribution in [1.29, 1.82) is 0 Å². The molecule has 1 amide bonds. The minimum Gasteiger partial charge on any atom is -0.349 e. The van der Waals surface area contributed by atoms with E-state index in [0.717, 1.165) is 25.9 Å². The fourth-order valence-electron chi connectivity index (χ4n) is 3.27. The Morgan fingerprint density at radius 1 is 1.27 bits per heavy atom. The number of benzene rings is 1. The Bertz CT molecular complexity index is 946. The number of nitrogens with zero attached hydrogens (tertiary/aromatic N) is 2. The molecule has 3 heterocycles. The summed E-state index contributed by atoms with van der Waals surface area (Å²) < 4.78 is 18.5. The normalized spacial score (nSPS) is 15.3. The third kappa shape index (κ3) is 3.17. The van der Waals surface area contributed by atoms with Crippen molar-refractivity contribution >= 4 is 17.0 Å². The lowest BCUT2D eigenvalue weighted by molar-refractivity contribution is 0.0931. The van der Waals surface area contributed by atoms with Crippen LogP contribution in [0.25, 0.3) is 22.4 Å². The van der Waals surface area contributed by atoms with Crippen LogP contribution in [0.1, 0.15) is 28.9 Å². The summed E-state index contributed by atoms with van der Waals surface area (Å²) >= 11 is 0. The molecule has 0 unspecified atom stereocenters. The molecule has 26 heavy (non-hydrogen) atoms. The second-order valence-electron chi connectivity index (χ2n) is 6.51. The fraction of sp³-hybridized carbons (Fsp3) is 0.316. The molecule has 4 rings (SSSR count). The van der Waals surface area contributed by atoms with Crippen molar-refractivity contribution in [2.75, 3.05) is 13.1 Å². The van der Waals surface area contributed by atoms with E-state index in [1.54, 1.807) is 25.1 Å². The number of hydrogen-bond acceptors (Lipinski definition) is 5. The predicted molar refractivity (Wildman–Crippen MR) is 95.3 cm³/mol. The van der Waals surface area contributed by atoms with Crippen LogP contribution in [0, 0.1) is 12.7 Å². The molecule has 0 radical (unpaired) electrons. The highest BCUT2D eigenvalue weighted by atomic mass is 19.1. The molecular weight excluding hydrogens is 335 g/mol. The quantitative estimate of drug-likeness (QED) is 0.756. The molecule has 0 aliphatic carbocycles. The van der Waals surface area contributed by atoms with Gasteiger partial charge >= 0.3 is 0 Å². The smallest absolute Gasteiger partial charge is 0.259 e. The number of aryl methyl sites for hydroxylation is 1. The maximum absolute atomic E-state index is 13.2. The van der Waals surface area contributed by atoms with E-state index in [9.17, 15) is 9.18 Å². The molecule has 0 spiro atoms. The first-order chi connectivity index (χ1) is 12.6. The Labute approximate surface area is 149 Å². The molecule has 7 heteroatoms. The van der Waals surface area contributed by atoms with Crippen LogP contribution >= 0.6 is 0 Å². The van der Waals surface area contributed by atoms with Gasteiger partial charge in [0.1, 0.15) is 5.82 Å². The highest BCUT2D eigenvalue weighted by Gasteiger charge is 2.22. The second-order valence-corrected chi connectivity index (χ2v) is 6.51. The van der Waals surface area contributed by atoms with Crippen LogP contribution in [0.2, 0.25) is 0 Å². The number of carbonyl (C=O) groups excluding carboxylic acids is 1. The van der Waals surface area contributed by atoms with Crippen LogP contribution in [-0.2, 0) is 0 Å². The summed E-state index contributed by atoms with van der Waals surface area (Å²) in [7, 11) is 0. The van der Waals surface area contributed by atoms with E-state index < -0.39 is 0 Å². The number of pyridine rings is 1. The maximum atomic E-state index is 13.2. The lowest BCUT2D eigenvalue weighted by atomic mass is 10.0. The van der Waals surface area contributed by atoms with Gasteiger partial charge in [0.05, 0.1) is 22.3 Å². The molecule has 2 aromatic heterocycles. The lowest BCUT2D eigenvalue weighted by Gasteiger charge is -2.23. The van der Waals surface area contributed by atoms with E-state index in [1.165, 1.54) is 12.1 Å². The zero-order valence-electron chi connectivity index (χ0n) is 14.4. The van der Waals surface area contributed by atoms with Crippen molar-refractivity contribution in [3.8, 4) is 11.3 Å². The van der Waals surface area contributed by atoms with Crippen molar-refractivity contribution in [2.45, 2.75) is 25.8 Å². The van der Waals surface area contributed by atoms with Gasteiger partial charge in [-0.25, -0.2) is 9.37 Å². The van der Waals surface area contributed by atoms with Crippen molar-refractivity contribution in [3.05, 3.63) is 47.4 Å². The monoisotopic (exact) mass is 354 g/mol. The molecule has 134 valence electrons. The van der Waals surface area contributed by atoms with Crippen molar-refractivity contribution in [3.63, 3.8) is 0 Å². The number of fused-ring (bicyclic) bond motifs is 1. The molecule has 0 saturated carbocycles. The van der Waals surface area contributed by atoms with Crippen LogP contribution in [0.5, 0.6) is 0 Å². The number of amides is 1. The van der Waals surface area contributed by atoms with Crippen molar-refractivity contribution in [2.24, 2.45) is 0 Å². The maximum Gasteiger partial charge on any atom is 0.259 e. The number of rotatable bonds is 3. The van der Waals surface area contributed by atoms with Crippen LogP contribution in [0.15, 0.2) is 34.9 Å². The number of hydrogen-bond donors (Lipinski definition) is 2. The molecule has 2 N–H and O–H groups in total. The second kappa shape index (κ2) is 6.84. The molecule has 0 bridgehead atoms. The highest BCUT2D eigenvalue weighted by molar-refractivity contribution is 6.07. The van der Waals surface area contributed by atoms with E-state index in [1.807, 2.05) is 0 Å². The Balaban J connectivity index is 1.75. The minimum atomic E-state index is -0.325. The van der Waals surface area contributed by atoms with Gasteiger partial charge in [0, 0.05) is 11.6 Å².